The predicted molar refractivity (Wildman–Crippen MR) is 129 cm³/mol. The molecule has 0 radical (unpaired) electrons. The number of fused-ring (bicyclic) bond motifs is 1. The number of imide groups is 1. The minimum Gasteiger partial charge on any atom is -0.273 e. The molecule has 0 spiro atoms. The first-order chi connectivity index (χ1) is 15.8. The van der Waals surface area contributed by atoms with Gasteiger partial charge in [-0.05, 0) is 47.7 Å². The van der Waals surface area contributed by atoms with Crippen molar-refractivity contribution < 1.29 is 14.4 Å². The first kappa shape index (κ1) is 21.4. The van der Waals surface area contributed by atoms with Gasteiger partial charge in [-0.1, -0.05) is 80.9 Å². The highest BCUT2D eigenvalue weighted by Crippen LogP contribution is 2.47. The monoisotopic (exact) mass is 440 g/mol. The molecule has 5 heteroatoms. The molecule has 0 saturated carbocycles. The molecule has 5 nitrogen and oxygen atoms in total. The van der Waals surface area contributed by atoms with E-state index in [2.05, 4.69) is 45.0 Å². The second-order valence-corrected chi connectivity index (χ2v) is 9.88. The second-order valence-electron chi connectivity index (χ2n) is 9.88. The summed E-state index contributed by atoms with van der Waals surface area (Å²) < 4.78 is 0. The first-order valence-corrected chi connectivity index (χ1v) is 11.3. The van der Waals surface area contributed by atoms with Gasteiger partial charge >= 0.3 is 0 Å². The third kappa shape index (κ3) is 3.62. The van der Waals surface area contributed by atoms with Crippen molar-refractivity contribution in [1.82, 2.24) is 0 Å². The van der Waals surface area contributed by atoms with Gasteiger partial charge in [0.05, 0.1) is 17.4 Å². The number of aryl methyl sites for hydroxylation is 1. The maximum absolute atomic E-state index is 13.7. The van der Waals surface area contributed by atoms with E-state index < -0.39 is 18.1 Å². The Morgan fingerprint density at radius 1 is 0.758 bits per heavy atom. The van der Waals surface area contributed by atoms with Crippen LogP contribution in [-0.2, 0) is 19.8 Å². The fourth-order valence-electron chi connectivity index (χ4n) is 4.68. The van der Waals surface area contributed by atoms with E-state index in [1.165, 1.54) is 10.5 Å². The zero-order valence-electron chi connectivity index (χ0n) is 19.4. The van der Waals surface area contributed by atoms with E-state index in [0.29, 0.717) is 5.69 Å². The molecule has 0 N–H and O–H groups in total. The molecule has 33 heavy (non-hydrogen) atoms. The molecule has 0 aromatic heterocycles. The Hall–Kier alpha value is -3.44. The van der Waals surface area contributed by atoms with Crippen LogP contribution in [0.4, 0.5) is 11.4 Å². The Labute approximate surface area is 194 Å². The summed E-state index contributed by atoms with van der Waals surface area (Å²) in [6.45, 7) is 8.49. The van der Waals surface area contributed by atoms with Gasteiger partial charge in [0.1, 0.15) is 5.92 Å². The molecule has 0 bridgehead atoms. The van der Waals surface area contributed by atoms with Crippen molar-refractivity contribution in [2.24, 2.45) is 5.92 Å². The summed E-state index contributed by atoms with van der Waals surface area (Å²) in [4.78, 5) is 34.5. The highest BCUT2D eigenvalue weighted by molar-refractivity contribution is 6.23. The van der Waals surface area contributed by atoms with Gasteiger partial charge in [0.15, 0.2) is 6.10 Å². The minimum atomic E-state index is -0.855. The Bertz CT molecular complexity index is 1180. The van der Waals surface area contributed by atoms with Crippen LogP contribution in [0, 0.1) is 12.8 Å². The molecule has 2 aliphatic heterocycles. The third-order valence-electron chi connectivity index (χ3n) is 6.54. The zero-order valence-corrected chi connectivity index (χ0v) is 19.4. The standard InChI is InChI=1S/C28H28N2O3/c1-18-10-16-21(17-11-18)29-26(31)23-24(19-12-14-20(15-13-19)28(2,3)4)30(33-25(23)27(29)32)22-8-6-5-7-9-22/h5-17,23-25H,1-4H3/t23-,24-,25-/m0/s1. The Morgan fingerprint density at radius 3 is 2.00 bits per heavy atom. The highest BCUT2D eigenvalue weighted by atomic mass is 16.7. The van der Waals surface area contributed by atoms with Crippen molar-refractivity contribution >= 4 is 23.2 Å². The number of hydrogen-bond acceptors (Lipinski definition) is 4. The molecule has 2 aliphatic rings. The Kier molecular flexibility index (Phi) is 5.09. The van der Waals surface area contributed by atoms with Crippen LogP contribution < -0.4 is 9.96 Å². The number of hydroxylamine groups is 1. The number of rotatable bonds is 3. The third-order valence-corrected chi connectivity index (χ3v) is 6.54. The van der Waals surface area contributed by atoms with Crippen LogP contribution in [0.2, 0.25) is 0 Å². The molecular weight excluding hydrogens is 412 g/mol. The van der Waals surface area contributed by atoms with Crippen LogP contribution in [0.15, 0.2) is 78.9 Å². The molecule has 0 aliphatic carbocycles. The number of benzene rings is 3. The summed E-state index contributed by atoms with van der Waals surface area (Å²) >= 11 is 0. The summed E-state index contributed by atoms with van der Waals surface area (Å²) in [5.74, 6) is -1.17. The summed E-state index contributed by atoms with van der Waals surface area (Å²) in [7, 11) is 0. The number of carbonyl (C=O) groups is 2. The van der Waals surface area contributed by atoms with Crippen LogP contribution in [0.5, 0.6) is 0 Å². The van der Waals surface area contributed by atoms with Crippen molar-refractivity contribution in [3.63, 3.8) is 0 Å². The number of carbonyl (C=O) groups excluding carboxylic acids is 2. The summed E-state index contributed by atoms with van der Waals surface area (Å²) in [5.41, 5.74) is 4.66. The van der Waals surface area contributed by atoms with Gasteiger partial charge in [-0.3, -0.25) is 14.4 Å². The van der Waals surface area contributed by atoms with Crippen molar-refractivity contribution in [1.29, 1.82) is 0 Å². The topological polar surface area (TPSA) is 49.9 Å². The first-order valence-electron chi connectivity index (χ1n) is 11.3. The van der Waals surface area contributed by atoms with Crippen LogP contribution in [0.1, 0.15) is 43.5 Å². The zero-order chi connectivity index (χ0) is 23.3. The molecule has 2 amide bonds. The lowest BCUT2D eigenvalue weighted by atomic mass is 9.84. The van der Waals surface area contributed by atoms with E-state index in [-0.39, 0.29) is 17.2 Å². The fraction of sp³-hybridized carbons (Fsp3) is 0.286. The van der Waals surface area contributed by atoms with E-state index in [1.54, 1.807) is 5.06 Å². The Morgan fingerprint density at radius 2 is 1.39 bits per heavy atom. The van der Waals surface area contributed by atoms with Gasteiger partial charge in [-0.15, -0.1) is 0 Å². The molecule has 3 aromatic carbocycles. The summed E-state index contributed by atoms with van der Waals surface area (Å²) in [5, 5.41) is 1.74. The average Bonchev–Trinajstić information content (AvgIpc) is 3.31. The van der Waals surface area contributed by atoms with Gasteiger partial charge in [0.2, 0.25) is 5.91 Å². The number of hydrogen-bond donors (Lipinski definition) is 0. The SMILES string of the molecule is Cc1ccc(N2C(=O)[C@@H]3[C@H](ON(c4ccccc4)[C@H]3c3ccc(C(C)(C)C)cc3)C2=O)cc1. The summed E-state index contributed by atoms with van der Waals surface area (Å²) in [6.07, 6.45) is -0.855. The Balaban J connectivity index is 1.57. The number of nitrogens with zero attached hydrogens (tertiary/aromatic N) is 2. The molecule has 0 unspecified atom stereocenters. The van der Waals surface area contributed by atoms with Crippen molar-refractivity contribution in [3.05, 3.63) is 95.6 Å². The van der Waals surface area contributed by atoms with Gasteiger partial charge in [0.25, 0.3) is 5.91 Å². The maximum atomic E-state index is 13.7. The predicted octanol–water partition coefficient (Wildman–Crippen LogP) is 5.34. The van der Waals surface area contributed by atoms with Crippen molar-refractivity contribution in [2.75, 3.05) is 9.96 Å². The lowest BCUT2D eigenvalue weighted by molar-refractivity contribution is -0.126. The van der Waals surface area contributed by atoms with Gasteiger partial charge in [-0.2, -0.15) is 0 Å². The van der Waals surface area contributed by atoms with E-state index in [4.69, 9.17) is 4.84 Å². The lowest BCUT2D eigenvalue weighted by Crippen LogP contribution is -2.37. The van der Waals surface area contributed by atoms with Gasteiger partial charge in [0, 0.05) is 0 Å². The molecular formula is C28H28N2O3. The largest absolute Gasteiger partial charge is 0.273 e. The molecule has 3 aromatic rings. The van der Waals surface area contributed by atoms with Gasteiger partial charge in [-0.25, -0.2) is 9.96 Å². The van der Waals surface area contributed by atoms with E-state index in [9.17, 15) is 9.59 Å². The number of anilines is 2. The van der Waals surface area contributed by atoms with E-state index in [1.807, 2.05) is 61.5 Å². The molecule has 168 valence electrons. The molecule has 3 atom stereocenters. The smallest absolute Gasteiger partial charge is 0.266 e. The van der Waals surface area contributed by atoms with Crippen LogP contribution in [-0.4, -0.2) is 17.9 Å². The number of amides is 2. The maximum Gasteiger partial charge on any atom is 0.266 e. The fourth-order valence-corrected chi connectivity index (χ4v) is 4.68. The normalized spacial score (nSPS) is 22.7. The quantitative estimate of drug-likeness (QED) is 0.516. The van der Waals surface area contributed by atoms with Crippen LogP contribution in [0.3, 0.4) is 0 Å². The summed E-state index contributed by atoms with van der Waals surface area (Å²) in [6, 6.07) is 25.0. The second kappa shape index (κ2) is 7.85. The van der Waals surface area contributed by atoms with Crippen molar-refractivity contribution in [3.8, 4) is 0 Å². The van der Waals surface area contributed by atoms with E-state index in [0.717, 1.165) is 16.8 Å². The molecule has 2 heterocycles. The molecule has 2 saturated heterocycles. The minimum absolute atomic E-state index is 0.0216. The molecule has 5 rings (SSSR count). The van der Waals surface area contributed by atoms with Gasteiger partial charge < -0.3 is 0 Å². The molecule has 2 fully saturated rings. The van der Waals surface area contributed by atoms with E-state index >= 15 is 0 Å². The average molecular weight is 441 g/mol. The highest BCUT2D eigenvalue weighted by Gasteiger charge is 2.60. The van der Waals surface area contributed by atoms with Crippen molar-refractivity contribution in [2.45, 2.75) is 45.3 Å². The van der Waals surface area contributed by atoms with Crippen LogP contribution >= 0.6 is 0 Å². The van der Waals surface area contributed by atoms with Crippen LogP contribution in [0.25, 0.3) is 0 Å². The lowest BCUT2D eigenvalue weighted by Gasteiger charge is -2.29. The number of para-hydroxylation sites is 1.